The monoisotopic (exact) mass is 1230 g/mol. The molecule has 484 valence electrons. The molecule has 0 spiro atoms. The molecule has 0 saturated carbocycles. The van der Waals surface area contributed by atoms with Gasteiger partial charge in [-0.1, -0.05) is 0 Å². The largest absolute Gasteiger partial charge is 0.394 e. The molecule has 35 atom stereocenters. The summed E-state index contributed by atoms with van der Waals surface area (Å²) < 4.78 is 85.5. The lowest BCUT2D eigenvalue weighted by Gasteiger charge is -2.50. The van der Waals surface area contributed by atoms with Gasteiger partial charge in [0.15, 0.2) is 44.0 Å². The highest BCUT2D eigenvalue weighted by molar-refractivity contribution is 5.02. The Balaban J connectivity index is 0.961. The van der Waals surface area contributed by atoms with Gasteiger partial charge < -0.3 is 172 Å². The first-order chi connectivity index (χ1) is 40.7. The van der Waals surface area contributed by atoms with Crippen molar-refractivity contribution < 1.29 is 163 Å². The smallest absolute Gasteiger partial charge is 0.187 e. The summed E-state index contributed by atoms with van der Waals surface area (Å²) in [5, 5.41) is 214. The van der Waals surface area contributed by atoms with Gasteiger partial charge in [0.1, 0.15) is 171 Å². The standard InChI is InChI=1S/C48H74N4O33/c53-7-16-37-24(61)31(68)45(75-16)83-39-18(9-55)77-47(33(70)26(39)63)85-41-20(11-57)78-48(34(71)27(41)64)84-40-19(10-56)76-46(32(69)25(40)62)82-38-17(8-54)74-44(30(67)23(38)60)80-36-15(6-52-4-2-50-13-52)72-42(28(65)21(36)58)79-35-14(5-51-3-1-49-12-51)73-43(81-37)29(66)22(35)59/h1-4,12-48,53-71H,5-11H2/t14-,15-,16-,17-,18-,19-,20-,21-,22-,23-,24-,25-,26-,27-,28-,29-,30-,31-,32-,33-,34-,35-,36-,37-,38-,39-,40-,41-,42-,43-,44-,45-,46-,47-,48-/m1/s1. The van der Waals surface area contributed by atoms with E-state index in [2.05, 4.69) is 9.97 Å². The molecular weight excluding hydrogens is 1160 g/mol. The topological polar surface area (TPSA) is 549 Å². The van der Waals surface area contributed by atoms with Gasteiger partial charge in [-0.05, 0) is 0 Å². The van der Waals surface area contributed by atoms with Gasteiger partial charge in [-0.25, -0.2) is 9.97 Å². The van der Waals surface area contributed by atoms with Crippen LogP contribution >= 0.6 is 0 Å². The molecule has 2 aromatic rings. The molecule has 0 aromatic carbocycles. The molecule has 0 unspecified atom stereocenters. The van der Waals surface area contributed by atoms with Gasteiger partial charge in [0.05, 0.1) is 58.8 Å². The molecule has 21 aliphatic rings. The van der Waals surface area contributed by atoms with Crippen molar-refractivity contribution in [3.05, 3.63) is 37.4 Å². The van der Waals surface area contributed by atoms with Crippen molar-refractivity contribution in [2.45, 2.75) is 228 Å². The number of aliphatic hydroxyl groups is 19. The SMILES string of the molecule is OC[C@H]1O[C@@H]2O[C@H]3[C@H](O)[C@@H](O)[C@@H](O[C@H]4[C@H](O)[C@@H](O)[C@@H](O[C@H]5[C@H](O)[C@@H](O)[C@@H](O[C@H]6[C@H](O)[C@@H](O)[C@@H](O[C@H]7[C@H](O)[C@@H](O)[C@@H](O[C@H]8[C@H](O)[C@@H](O)[C@@H](O[C@H]1[C@H](O)[C@H]2O)O[C@@H]8CO)O[C@@H]7CO)O[C@@H]6Cn1ccnc1)O[C@@H]5Cn1ccnc1)O[C@@H]4CO)O[C@@H]3CO. The Kier molecular flexibility index (Phi) is 21.2. The van der Waals surface area contributed by atoms with Crippen LogP contribution in [0.15, 0.2) is 37.4 Å². The van der Waals surface area contributed by atoms with Gasteiger partial charge in [-0.15, -0.1) is 0 Å². The highest BCUT2D eigenvalue weighted by Gasteiger charge is 2.59. The molecule has 21 saturated heterocycles. The molecule has 19 N–H and O–H groups in total. The highest BCUT2D eigenvalue weighted by atomic mass is 16.8. The first-order valence-corrected chi connectivity index (χ1v) is 27.4. The van der Waals surface area contributed by atoms with Gasteiger partial charge in [0.25, 0.3) is 0 Å². The lowest BCUT2D eigenvalue weighted by Crippen LogP contribution is -2.68. The molecule has 0 radical (unpaired) electrons. The van der Waals surface area contributed by atoms with Crippen molar-refractivity contribution in [3.63, 3.8) is 0 Å². The van der Waals surface area contributed by atoms with Crippen molar-refractivity contribution in [2.24, 2.45) is 0 Å². The van der Waals surface area contributed by atoms with Crippen molar-refractivity contribution in [1.82, 2.24) is 19.1 Å². The fourth-order valence-electron chi connectivity index (χ4n) is 11.6. The second-order valence-corrected chi connectivity index (χ2v) is 21.8. The lowest BCUT2D eigenvalue weighted by atomic mass is 9.95. The quantitative estimate of drug-likeness (QED) is 0.111. The number of aliphatic hydroxyl groups excluding tert-OH is 19. The zero-order valence-corrected chi connectivity index (χ0v) is 44.6. The molecular formula is C48H74N4O33. The zero-order valence-electron chi connectivity index (χ0n) is 44.6. The van der Waals surface area contributed by atoms with E-state index in [0.717, 1.165) is 0 Å². The second kappa shape index (κ2) is 27.7. The van der Waals surface area contributed by atoms with Crippen LogP contribution in [-0.4, -0.2) is 364 Å². The van der Waals surface area contributed by atoms with E-state index in [0.29, 0.717) is 0 Å². The molecule has 23 heterocycles. The highest BCUT2D eigenvalue weighted by Crippen LogP contribution is 2.39. The molecule has 14 bridgehead atoms. The van der Waals surface area contributed by atoms with Crippen LogP contribution in [0, 0.1) is 0 Å². The predicted molar refractivity (Wildman–Crippen MR) is 259 cm³/mol. The summed E-state index contributed by atoms with van der Waals surface area (Å²) in [5.41, 5.74) is 0. The molecule has 37 heteroatoms. The van der Waals surface area contributed by atoms with E-state index in [1.54, 1.807) is 0 Å². The van der Waals surface area contributed by atoms with Crippen LogP contribution in [0.1, 0.15) is 0 Å². The predicted octanol–water partition coefficient (Wildman–Crippen LogP) is -13.4. The van der Waals surface area contributed by atoms with E-state index in [4.69, 9.17) is 66.3 Å². The number of ether oxygens (including phenoxy) is 14. The minimum Gasteiger partial charge on any atom is -0.394 e. The van der Waals surface area contributed by atoms with E-state index in [1.807, 2.05) is 0 Å². The third-order valence-electron chi connectivity index (χ3n) is 16.3. The molecule has 0 amide bonds. The molecule has 0 aliphatic carbocycles. The summed E-state index contributed by atoms with van der Waals surface area (Å²) in [4.78, 5) is 8.02. The Hall–Kier alpha value is -2.90. The molecule has 21 aliphatic heterocycles. The zero-order chi connectivity index (χ0) is 60.9. The number of hydrogen-bond acceptors (Lipinski definition) is 35. The molecule has 2 aromatic heterocycles. The van der Waals surface area contributed by atoms with Crippen LogP contribution in [0.25, 0.3) is 0 Å². The van der Waals surface area contributed by atoms with Crippen molar-refractivity contribution >= 4 is 0 Å². The minimum absolute atomic E-state index is 0.260. The number of hydrogen-bond donors (Lipinski definition) is 19. The van der Waals surface area contributed by atoms with Gasteiger partial charge in [-0.3, -0.25) is 0 Å². The van der Waals surface area contributed by atoms with E-state index >= 15 is 0 Å². The number of aromatic nitrogens is 4. The Morgan fingerprint density at radius 3 is 0.588 bits per heavy atom. The first-order valence-electron chi connectivity index (χ1n) is 27.4. The normalized spacial score (nSPS) is 51.3. The van der Waals surface area contributed by atoms with E-state index in [-0.39, 0.29) is 13.1 Å². The van der Waals surface area contributed by atoms with E-state index in [1.165, 1.54) is 46.6 Å². The van der Waals surface area contributed by atoms with Crippen LogP contribution in [0.5, 0.6) is 0 Å². The Labute approximate surface area is 480 Å². The molecule has 21 fully saturated rings. The maximum atomic E-state index is 11.9. The average molecular weight is 1240 g/mol. The number of imidazole rings is 2. The fourth-order valence-corrected chi connectivity index (χ4v) is 11.6. The minimum atomic E-state index is -2.20. The summed E-state index contributed by atoms with van der Waals surface area (Å²) in [6.45, 7) is -5.66. The Bertz CT molecular complexity index is 2310. The van der Waals surface area contributed by atoms with Crippen molar-refractivity contribution in [1.29, 1.82) is 0 Å². The van der Waals surface area contributed by atoms with E-state index in [9.17, 15) is 97.0 Å². The van der Waals surface area contributed by atoms with Gasteiger partial charge in [0, 0.05) is 24.8 Å². The maximum Gasteiger partial charge on any atom is 0.187 e. The third kappa shape index (κ3) is 13.1. The third-order valence-corrected chi connectivity index (χ3v) is 16.3. The van der Waals surface area contributed by atoms with Gasteiger partial charge in [-0.2, -0.15) is 0 Å². The average Bonchev–Trinajstić information content (AvgIpc) is 3.78. The van der Waals surface area contributed by atoms with Gasteiger partial charge in [0.2, 0.25) is 0 Å². The Morgan fingerprint density at radius 2 is 0.424 bits per heavy atom. The van der Waals surface area contributed by atoms with Crippen molar-refractivity contribution in [2.75, 3.05) is 33.0 Å². The lowest BCUT2D eigenvalue weighted by molar-refractivity contribution is -0.396. The summed E-state index contributed by atoms with van der Waals surface area (Å²) in [5.74, 6) is 0. The van der Waals surface area contributed by atoms with E-state index < -0.39 is 248 Å². The second-order valence-electron chi connectivity index (χ2n) is 21.8. The summed E-state index contributed by atoms with van der Waals surface area (Å²) in [6.07, 6.45) is -59.9. The Morgan fingerprint density at radius 1 is 0.247 bits per heavy atom. The maximum absolute atomic E-state index is 11.9. The number of nitrogens with zero attached hydrogens (tertiary/aromatic N) is 4. The van der Waals surface area contributed by atoms with Crippen LogP contribution in [-0.2, 0) is 79.4 Å². The van der Waals surface area contributed by atoms with Crippen LogP contribution < -0.4 is 0 Å². The summed E-state index contributed by atoms with van der Waals surface area (Å²) in [7, 11) is 0. The fraction of sp³-hybridized carbons (Fsp3) is 0.875. The molecule has 85 heavy (non-hydrogen) atoms. The van der Waals surface area contributed by atoms with Crippen LogP contribution in [0.2, 0.25) is 0 Å². The summed E-state index contributed by atoms with van der Waals surface area (Å²) >= 11 is 0. The number of rotatable bonds is 9. The molecule has 23 rings (SSSR count). The molecule has 37 nitrogen and oxygen atoms in total. The summed E-state index contributed by atoms with van der Waals surface area (Å²) in [6, 6.07) is 0. The van der Waals surface area contributed by atoms with Crippen LogP contribution in [0.4, 0.5) is 0 Å². The van der Waals surface area contributed by atoms with Gasteiger partial charge >= 0.3 is 0 Å². The van der Waals surface area contributed by atoms with Crippen molar-refractivity contribution in [3.8, 4) is 0 Å². The van der Waals surface area contributed by atoms with Crippen LogP contribution in [0.3, 0.4) is 0 Å². The first kappa shape index (κ1) is 65.1.